The van der Waals surface area contributed by atoms with Gasteiger partial charge in [-0.25, -0.2) is 0 Å². The summed E-state index contributed by atoms with van der Waals surface area (Å²) in [5, 5.41) is 3.37. The van der Waals surface area contributed by atoms with Gasteiger partial charge in [-0.3, -0.25) is 4.79 Å². The van der Waals surface area contributed by atoms with E-state index in [1.165, 1.54) is 11.3 Å². The van der Waals surface area contributed by atoms with Crippen molar-refractivity contribution in [2.24, 2.45) is 0 Å². The number of carbonyl (C=O) groups is 1. The van der Waals surface area contributed by atoms with Gasteiger partial charge in [-0.1, -0.05) is 13.0 Å². The number of rotatable bonds is 5. The zero-order chi connectivity index (χ0) is 15.4. The predicted octanol–water partition coefficient (Wildman–Crippen LogP) is 2.56. The van der Waals surface area contributed by atoms with Crippen molar-refractivity contribution >= 4 is 17.3 Å². The summed E-state index contributed by atoms with van der Waals surface area (Å²) < 4.78 is 0. The molecule has 116 valence electrons. The second-order valence-electron chi connectivity index (χ2n) is 6.00. The van der Waals surface area contributed by atoms with E-state index < -0.39 is 0 Å². The number of anilines is 2. The SMILES string of the molecule is CCCNC1CCCN(c2ccc(C)c(N(C)C)c2)C1=O. The fourth-order valence-electron chi connectivity index (χ4n) is 2.89. The lowest BCUT2D eigenvalue weighted by atomic mass is 10.0. The minimum atomic E-state index is -0.0252. The van der Waals surface area contributed by atoms with Crippen LogP contribution in [0, 0.1) is 6.92 Å². The number of hydrogen-bond donors (Lipinski definition) is 1. The van der Waals surface area contributed by atoms with Gasteiger partial charge in [0.15, 0.2) is 0 Å². The van der Waals surface area contributed by atoms with Crippen LogP contribution in [0.3, 0.4) is 0 Å². The Kier molecular flexibility index (Phi) is 5.23. The van der Waals surface area contributed by atoms with Gasteiger partial charge in [0.2, 0.25) is 5.91 Å². The van der Waals surface area contributed by atoms with Crippen molar-refractivity contribution in [2.45, 2.75) is 39.2 Å². The van der Waals surface area contributed by atoms with Crippen molar-refractivity contribution < 1.29 is 4.79 Å². The Morgan fingerprint density at radius 3 is 2.81 bits per heavy atom. The summed E-state index contributed by atoms with van der Waals surface area (Å²) in [6.07, 6.45) is 3.05. The molecule has 0 bridgehead atoms. The van der Waals surface area contributed by atoms with E-state index in [-0.39, 0.29) is 11.9 Å². The van der Waals surface area contributed by atoms with Gasteiger partial charge in [0.1, 0.15) is 0 Å². The maximum Gasteiger partial charge on any atom is 0.244 e. The van der Waals surface area contributed by atoms with E-state index in [9.17, 15) is 4.79 Å². The quantitative estimate of drug-likeness (QED) is 0.905. The summed E-state index contributed by atoms with van der Waals surface area (Å²) in [5.74, 6) is 0.211. The second-order valence-corrected chi connectivity index (χ2v) is 6.00. The van der Waals surface area contributed by atoms with E-state index >= 15 is 0 Å². The molecule has 1 amide bonds. The fourth-order valence-corrected chi connectivity index (χ4v) is 2.89. The molecular formula is C17H27N3O. The topological polar surface area (TPSA) is 35.6 Å². The molecule has 1 aromatic rings. The zero-order valence-electron chi connectivity index (χ0n) is 13.6. The van der Waals surface area contributed by atoms with Crippen LogP contribution in [0.5, 0.6) is 0 Å². The Bertz CT molecular complexity index is 499. The third kappa shape index (κ3) is 3.56. The van der Waals surface area contributed by atoms with Crippen molar-refractivity contribution in [3.8, 4) is 0 Å². The number of hydrogen-bond acceptors (Lipinski definition) is 3. The van der Waals surface area contributed by atoms with E-state index in [1.807, 2.05) is 19.0 Å². The summed E-state index contributed by atoms with van der Waals surface area (Å²) in [6.45, 7) is 5.95. The molecule has 4 heteroatoms. The van der Waals surface area contributed by atoms with Gasteiger partial charge in [-0.05, 0) is 50.4 Å². The molecule has 0 radical (unpaired) electrons. The van der Waals surface area contributed by atoms with Gasteiger partial charge >= 0.3 is 0 Å². The van der Waals surface area contributed by atoms with E-state index in [2.05, 4.69) is 42.3 Å². The molecule has 1 aromatic carbocycles. The van der Waals surface area contributed by atoms with Crippen molar-refractivity contribution in [1.29, 1.82) is 0 Å². The first kappa shape index (κ1) is 15.8. The Morgan fingerprint density at radius 2 is 2.14 bits per heavy atom. The monoisotopic (exact) mass is 289 g/mol. The first-order chi connectivity index (χ1) is 10.0. The number of nitrogens with zero attached hydrogens (tertiary/aromatic N) is 2. The normalized spacial score (nSPS) is 19.0. The summed E-state index contributed by atoms with van der Waals surface area (Å²) in [4.78, 5) is 16.7. The van der Waals surface area contributed by atoms with Crippen LogP contribution in [0.15, 0.2) is 18.2 Å². The van der Waals surface area contributed by atoms with Crippen LogP contribution in [0.2, 0.25) is 0 Å². The van der Waals surface area contributed by atoms with Crippen molar-refractivity contribution in [3.05, 3.63) is 23.8 Å². The maximum absolute atomic E-state index is 12.6. The molecule has 4 nitrogen and oxygen atoms in total. The van der Waals surface area contributed by atoms with Gasteiger partial charge in [0.05, 0.1) is 6.04 Å². The summed E-state index contributed by atoms with van der Waals surface area (Å²) in [7, 11) is 4.07. The molecule has 0 spiro atoms. The van der Waals surface area contributed by atoms with E-state index in [4.69, 9.17) is 0 Å². The summed E-state index contributed by atoms with van der Waals surface area (Å²) >= 11 is 0. The summed E-state index contributed by atoms with van der Waals surface area (Å²) in [6, 6.07) is 6.25. The van der Waals surface area contributed by atoms with Crippen molar-refractivity contribution in [3.63, 3.8) is 0 Å². The number of piperidine rings is 1. The molecule has 1 saturated heterocycles. The highest BCUT2D eigenvalue weighted by molar-refractivity contribution is 5.98. The van der Waals surface area contributed by atoms with Crippen LogP contribution < -0.4 is 15.1 Å². The minimum absolute atomic E-state index is 0.0252. The molecule has 21 heavy (non-hydrogen) atoms. The van der Waals surface area contributed by atoms with E-state index in [0.717, 1.165) is 38.0 Å². The standard InChI is InChI=1S/C17H27N3O/c1-5-10-18-15-7-6-11-20(17(15)21)14-9-8-13(2)16(12-14)19(3)4/h8-9,12,15,18H,5-7,10-11H2,1-4H3. The number of carbonyl (C=O) groups excluding carboxylic acids is 1. The van der Waals surface area contributed by atoms with E-state index in [1.54, 1.807) is 0 Å². The van der Waals surface area contributed by atoms with Gasteiger partial charge < -0.3 is 15.1 Å². The second kappa shape index (κ2) is 6.94. The molecule has 0 aliphatic carbocycles. The van der Waals surface area contributed by atoms with Crippen LogP contribution in [-0.4, -0.2) is 39.1 Å². The summed E-state index contributed by atoms with van der Waals surface area (Å²) in [5.41, 5.74) is 3.41. The van der Waals surface area contributed by atoms with Crippen LogP contribution in [0.1, 0.15) is 31.7 Å². The number of aryl methyl sites for hydroxylation is 1. The molecule has 1 aliphatic rings. The third-order valence-electron chi connectivity index (χ3n) is 4.07. The molecule has 1 unspecified atom stereocenters. The highest BCUT2D eigenvalue weighted by Gasteiger charge is 2.29. The third-order valence-corrected chi connectivity index (χ3v) is 4.07. The average molecular weight is 289 g/mol. The lowest BCUT2D eigenvalue weighted by molar-refractivity contribution is -0.121. The first-order valence-corrected chi connectivity index (χ1v) is 7.87. The van der Waals surface area contributed by atoms with Crippen LogP contribution in [0.4, 0.5) is 11.4 Å². The lowest BCUT2D eigenvalue weighted by Crippen LogP contribution is -2.51. The molecule has 1 fully saturated rings. The van der Waals surface area contributed by atoms with Gasteiger partial charge in [0.25, 0.3) is 0 Å². The fraction of sp³-hybridized carbons (Fsp3) is 0.588. The average Bonchev–Trinajstić information content (AvgIpc) is 2.47. The Balaban J connectivity index is 2.20. The highest BCUT2D eigenvalue weighted by Crippen LogP contribution is 2.27. The maximum atomic E-state index is 12.6. The van der Waals surface area contributed by atoms with Gasteiger partial charge in [-0.15, -0.1) is 0 Å². The number of benzene rings is 1. The molecule has 1 N–H and O–H groups in total. The van der Waals surface area contributed by atoms with Gasteiger partial charge in [0, 0.05) is 32.0 Å². The molecule has 0 aromatic heterocycles. The minimum Gasteiger partial charge on any atom is -0.377 e. The molecular weight excluding hydrogens is 262 g/mol. The Labute approximate surface area is 128 Å². The van der Waals surface area contributed by atoms with Crippen molar-refractivity contribution in [1.82, 2.24) is 5.32 Å². The van der Waals surface area contributed by atoms with Crippen LogP contribution in [0.25, 0.3) is 0 Å². The Hall–Kier alpha value is -1.55. The van der Waals surface area contributed by atoms with E-state index in [0.29, 0.717) is 0 Å². The van der Waals surface area contributed by atoms with Crippen LogP contribution in [-0.2, 0) is 4.79 Å². The molecule has 1 heterocycles. The molecule has 1 aliphatic heterocycles. The van der Waals surface area contributed by atoms with Crippen molar-refractivity contribution in [2.75, 3.05) is 37.0 Å². The Morgan fingerprint density at radius 1 is 1.38 bits per heavy atom. The molecule has 2 rings (SSSR count). The number of nitrogens with one attached hydrogen (secondary N) is 1. The smallest absolute Gasteiger partial charge is 0.244 e. The van der Waals surface area contributed by atoms with Crippen LogP contribution >= 0.6 is 0 Å². The predicted molar refractivity (Wildman–Crippen MR) is 89.2 cm³/mol. The zero-order valence-corrected chi connectivity index (χ0v) is 13.6. The van der Waals surface area contributed by atoms with Gasteiger partial charge in [-0.2, -0.15) is 0 Å². The number of amides is 1. The first-order valence-electron chi connectivity index (χ1n) is 7.87. The molecule has 0 saturated carbocycles. The lowest BCUT2D eigenvalue weighted by Gasteiger charge is -2.33. The molecule has 1 atom stereocenters. The highest BCUT2D eigenvalue weighted by atomic mass is 16.2. The largest absolute Gasteiger partial charge is 0.377 e.